The van der Waals surface area contributed by atoms with Gasteiger partial charge in [0.05, 0.1) is 23.0 Å². The van der Waals surface area contributed by atoms with Gasteiger partial charge in [-0.2, -0.15) is 0 Å². The van der Waals surface area contributed by atoms with Crippen LogP contribution in [-0.4, -0.2) is 50.5 Å². The molecule has 116 valence electrons. The van der Waals surface area contributed by atoms with Gasteiger partial charge in [-0.3, -0.25) is 0 Å². The minimum absolute atomic E-state index is 0.0291. The first kappa shape index (κ1) is 12.8. The van der Waals surface area contributed by atoms with E-state index in [4.69, 9.17) is 9.47 Å². The lowest BCUT2D eigenvalue weighted by molar-refractivity contribution is -0.274. The zero-order valence-electron chi connectivity index (χ0n) is 12.4. The predicted molar refractivity (Wildman–Crippen MR) is 67.8 cm³/mol. The number of aliphatic hydroxyl groups is 3. The Morgan fingerprint density at radius 1 is 1.10 bits per heavy atom. The number of carbonyl (C=O) groups excluding carboxylic acids is 1. The van der Waals surface area contributed by atoms with E-state index in [1.807, 2.05) is 6.92 Å². The lowest BCUT2D eigenvalue weighted by Crippen LogP contribution is -2.66. The molecular weight excluding hydrogens is 276 g/mol. The highest BCUT2D eigenvalue weighted by molar-refractivity contribution is 5.91. The zero-order chi connectivity index (χ0) is 15.3. The predicted octanol–water partition coefficient (Wildman–Crippen LogP) is -0.307. The fourth-order valence-electron chi connectivity index (χ4n) is 7.23. The van der Waals surface area contributed by atoms with Crippen molar-refractivity contribution in [2.45, 2.75) is 62.6 Å². The van der Waals surface area contributed by atoms with E-state index in [1.54, 1.807) is 13.8 Å². The Labute approximate surface area is 122 Å². The van der Waals surface area contributed by atoms with E-state index >= 15 is 0 Å². The van der Waals surface area contributed by atoms with Gasteiger partial charge in [-0.1, -0.05) is 13.8 Å². The molecule has 2 saturated heterocycles. The first-order chi connectivity index (χ1) is 9.50. The van der Waals surface area contributed by atoms with Crippen molar-refractivity contribution in [3.8, 4) is 0 Å². The van der Waals surface area contributed by atoms with Gasteiger partial charge in [0.1, 0.15) is 5.60 Å². The maximum Gasteiger partial charge on any atom is 0.340 e. The summed E-state index contributed by atoms with van der Waals surface area (Å²) >= 11 is 0. The molecule has 6 heteroatoms. The molecule has 5 aliphatic rings. The van der Waals surface area contributed by atoms with Gasteiger partial charge >= 0.3 is 5.97 Å². The molecule has 2 heterocycles. The van der Waals surface area contributed by atoms with Crippen LogP contribution >= 0.6 is 0 Å². The molecule has 3 aliphatic carbocycles. The molecule has 0 aromatic heterocycles. The summed E-state index contributed by atoms with van der Waals surface area (Å²) in [4.78, 5) is 12.6. The summed E-state index contributed by atoms with van der Waals surface area (Å²) in [5, 5.41) is 33.6. The SMILES string of the molecule is CC12[C@@]3(O)C[C@@]45[C@@](CC[C@]4(C)O)(OC(=O)[C@]15O)[C@]2(C)CO3. The van der Waals surface area contributed by atoms with Crippen molar-refractivity contribution in [3.63, 3.8) is 0 Å². The number of ether oxygens (including phenoxy) is 2. The molecule has 1 unspecified atom stereocenters. The van der Waals surface area contributed by atoms with Crippen LogP contribution in [0, 0.1) is 16.2 Å². The molecule has 0 amide bonds. The second-order valence-corrected chi connectivity index (χ2v) is 8.31. The van der Waals surface area contributed by atoms with Crippen LogP contribution in [0.1, 0.15) is 40.0 Å². The number of rotatable bonds is 0. The normalized spacial score (nSPS) is 73.1. The maximum absolute atomic E-state index is 12.6. The minimum atomic E-state index is -1.92. The highest BCUT2D eigenvalue weighted by atomic mass is 16.7. The van der Waals surface area contributed by atoms with Gasteiger partial charge in [0.15, 0.2) is 11.4 Å². The molecule has 3 saturated carbocycles. The van der Waals surface area contributed by atoms with Crippen molar-refractivity contribution < 1.29 is 29.6 Å². The summed E-state index contributed by atoms with van der Waals surface area (Å²) in [7, 11) is 0. The van der Waals surface area contributed by atoms with Gasteiger partial charge in [0.25, 0.3) is 0 Å². The molecule has 0 radical (unpaired) electrons. The van der Waals surface area contributed by atoms with Crippen LogP contribution in [0.5, 0.6) is 0 Å². The summed E-state index contributed by atoms with van der Waals surface area (Å²) in [5.74, 6) is -2.32. The molecule has 1 spiro atoms. The fourth-order valence-corrected chi connectivity index (χ4v) is 7.23. The topological polar surface area (TPSA) is 96.2 Å². The van der Waals surface area contributed by atoms with E-state index in [0.29, 0.717) is 12.8 Å². The van der Waals surface area contributed by atoms with Crippen LogP contribution in [0.25, 0.3) is 0 Å². The Balaban J connectivity index is 1.99. The summed E-state index contributed by atoms with van der Waals surface area (Å²) in [6, 6.07) is 0. The fraction of sp³-hybridized carbons (Fsp3) is 0.933. The monoisotopic (exact) mass is 296 g/mol. The first-order valence-corrected chi connectivity index (χ1v) is 7.54. The highest BCUT2D eigenvalue weighted by Crippen LogP contribution is 2.92. The molecule has 6 nitrogen and oxygen atoms in total. The van der Waals surface area contributed by atoms with Crippen molar-refractivity contribution in [1.29, 1.82) is 0 Å². The number of esters is 1. The Kier molecular flexibility index (Phi) is 1.56. The Hall–Kier alpha value is -0.690. The highest BCUT2D eigenvalue weighted by Gasteiger charge is 3.07. The van der Waals surface area contributed by atoms with Gasteiger partial charge in [0.2, 0.25) is 0 Å². The van der Waals surface area contributed by atoms with Crippen LogP contribution < -0.4 is 0 Å². The van der Waals surface area contributed by atoms with Gasteiger partial charge in [-0.25, -0.2) is 4.79 Å². The second kappa shape index (κ2) is 2.56. The first-order valence-electron chi connectivity index (χ1n) is 7.54. The minimum Gasteiger partial charge on any atom is -0.455 e. The van der Waals surface area contributed by atoms with Crippen molar-refractivity contribution in [3.05, 3.63) is 0 Å². The summed E-state index contributed by atoms with van der Waals surface area (Å²) in [6.45, 7) is 5.48. The Morgan fingerprint density at radius 3 is 2.43 bits per heavy atom. The average molecular weight is 296 g/mol. The van der Waals surface area contributed by atoms with E-state index < -0.39 is 44.8 Å². The Morgan fingerprint density at radius 2 is 1.76 bits per heavy atom. The van der Waals surface area contributed by atoms with Crippen molar-refractivity contribution in [1.82, 2.24) is 0 Å². The van der Waals surface area contributed by atoms with Crippen LogP contribution in [0.4, 0.5) is 0 Å². The molecule has 5 fully saturated rings. The number of hydrogen-bond acceptors (Lipinski definition) is 6. The molecule has 5 rings (SSSR count). The van der Waals surface area contributed by atoms with Crippen molar-refractivity contribution in [2.24, 2.45) is 16.2 Å². The average Bonchev–Trinajstić information content (AvgIpc) is 2.90. The second-order valence-electron chi connectivity index (χ2n) is 8.31. The third-order valence-electron chi connectivity index (χ3n) is 8.36. The third kappa shape index (κ3) is 0.665. The standard InChI is InChI=1S/C15H20O6/c1-9-7-20-14(18)6-12-10(2,17)4-5-13(9,12)21-8(16)15(12,19)11(9,14)3/h17-19H,4-7H2,1-3H3/t9-,10+,11?,12+,13+,14-,15+/m1/s1. The lowest BCUT2D eigenvalue weighted by Gasteiger charge is -2.54. The number of carbonyl (C=O) groups is 1. The van der Waals surface area contributed by atoms with Gasteiger partial charge in [0, 0.05) is 11.8 Å². The molecule has 3 N–H and O–H groups in total. The van der Waals surface area contributed by atoms with E-state index in [2.05, 4.69) is 0 Å². The van der Waals surface area contributed by atoms with E-state index in [1.165, 1.54) is 0 Å². The maximum atomic E-state index is 12.6. The van der Waals surface area contributed by atoms with Gasteiger partial charge < -0.3 is 24.8 Å². The molecular formula is C15H20O6. The summed E-state index contributed by atoms with van der Waals surface area (Å²) in [5.41, 5.74) is -7.26. The summed E-state index contributed by atoms with van der Waals surface area (Å²) < 4.78 is 11.4. The molecule has 21 heavy (non-hydrogen) atoms. The smallest absolute Gasteiger partial charge is 0.340 e. The molecule has 7 atom stereocenters. The lowest BCUT2D eigenvalue weighted by atomic mass is 9.54. The van der Waals surface area contributed by atoms with Gasteiger partial charge in [-0.05, 0) is 19.8 Å². The van der Waals surface area contributed by atoms with Crippen LogP contribution in [0.15, 0.2) is 0 Å². The van der Waals surface area contributed by atoms with E-state index in [0.717, 1.165) is 0 Å². The number of hydrogen-bond donors (Lipinski definition) is 3. The Bertz CT molecular complexity index is 632. The molecule has 2 aliphatic heterocycles. The molecule has 0 aromatic carbocycles. The van der Waals surface area contributed by atoms with E-state index in [9.17, 15) is 20.1 Å². The van der Waals surface area contributed by atoms with Crippen LogP contribution in [0.2, 0.25) is 0 Å². The van der Waals surface area contributed by atoms with Crippen molar-refractivity contribution in [2.75, 3.05) is 6.61 Å². The largest absolute Gasteiger partial charge is 0.455 e. The van der Waals surface area contributed by atoms with Gasteiger partial charge in [-0.15, -0.1) is 0 Å². The van der Waals surface area contributed by atoms with E-state index in [-0.39, 0.29) is 13.0 Å². The third-order valence-corrected chi connectivity index (χ3v) is 8.36. The molecule has 4 bridgehead atoms. The van der Waals surface area contributed by atoms with Crippen LogP contribution in [-0.2, 0) is 14.3 Å². The summed E-state index contributed by atoms with van der Waals surface area (Å²) in [6.07, 6.45) is 0.950. The zero-order valence-corrected chi connectivity index (χ0v) is 12.4. The van der Waals surface area contributed by atoms with Crippen LogP contribution in [0.3, 0.4) is 0 Å². The quantitative estimate of drug-likeness (QED) is 0.531. The molecule has 0 aromatic rings. The van der Waals surface area contributed by atoms with Crippen molar-refractivity contribution >= 4 is 5.97 Å².